The molecule has 0 bridgehead atoms. The summed E-state index contributed by atoms with van der Waals surface area (Å²) in [6, 6.07) is 3.26. The summed E-state index contributed by atoms with van der Waals surface area (Å²) in [4.78, 5) is 46.4. The van der Waals surface area contributed by atoms with Crippen molar-refractivity contribution in [1.29, 1.82) is 0 Å². The van der Waals surface area contributed by atoms with Crippen molar-refractivity contribution >= 4 is 11.7 Å². The molecule has 9 nitrogen and oxygen atoms in total. The second-order valence-corrected chi connectivity index (χ2v) is 4.52. The number of hydrogen-bond acceptors (Lipinski definition) is 6. The van der Waals surface area contributed by atoms with Crippen LogP contribution < -0.4 is 16.6 Å². The van der Waals surface area contributed by atoms with Gasteiger partial charge in [-0.3, -0.25) is 19.1 Å². The van der Waals surface area contributed by atoms with Crippen molar-refractivity contribution in [3.8, 4) is 0 Å². The molecular weight excluding hydrogens is 302 g/mol. The molecule has 0 saturated carbocycles. The third-order valence-corrected chi connectivity index (χ3v) is 3.00. The van der Waals surface area contributed by atoms with Crippen LogP contribution in [0.2, 0.25) is 0 Å². The lowest BCUT2D eigenvalue weighted by Gasteiger charge is -2.06. The van der Waals surface area contributed by atoms with Crippen LogP contribution in [0.1, 0.15) is 16.1 Å². The Labute approximate surface area is 128 Å². The van der Waals surface area contributed by atoms with E-state index in [1.807, 2.05) is 0 Å². The minimum atomic E-state index is -0.730. The molecule has 3 aromatic rings. The van der Waals surface area contributed by atoms with Gasteiger partial charge >= 0.3 is 5.69 Å². The Balaban J connectivity index is 1.93. The number of rotatable bonds is 4. The number of anilines is 1. The average Bonchev–Trinajstić information content (AvgIpc) is 3.05. The molecule has 0 unspecified atom stereocenters. The third-order valence-electron chi connectivity index (χ3n) is 3.00. The Morgan fingerprint density at radius 3 is 2.91 bits per heavy atom. The van der Waals surface area contributed by atoms with Crippen LogP contribution in [-0.2, 0) is 6.54 Å². The first-order chi connectivity index (χ1) is 11.1. The van der Waals surface area contributed by atoms with Crippen LogP contribution in [0.4, 0.5) is 5.82 Å². The monoisotopic (exact) mass is 313 g/mol. The Kier molecular flexibility index (Phi) is 3.83. The number of aromatic amines is 1. The first-order valence-electron chi connectivity index (χ1n) is 6.57. The Hall–Kier alpha value is -3.49. The summed E-state index contributed by atoms with van der Waals surface area (Å²) in [7, 11) is 0. The molecule has 0 aliphatic carbocycles. The summed E-state index contributed by atoms with van der Waals surface area (Å²) in [5, 5.41) is 2.43. The van der Waals surface area contributed by atoms with Crippen LogP contribution in [0, 0.1) is 0 Å². The topological polar surface area (TPSA) is 123 Å². The standard InChI is InChI=1S/C14H11N5O4/c20-12(18-11-7-15-3-4-16-11)10-6-17-14(22)19(13(10)21)8-9-2-1-5-23-9/h1-7H,8H2,(H,17,22)(H,16,18,20). The number of aromatic nitrogens is 4. The van der Waals surface area contributed by atoms with Gasteiger partial charge < -0.3 is 14.7 Å². The molecule has 23 heavy (non-hydrogen) atoms. The second-order valence-electron chi connectivity index (χ2n) is 4.52. The van der Waals surface area contributed by atoms with Gasteiger partial charge in [-0.1, -0.05) is 0 Å². The molecule has 0 radical (unpaired) electrons. The number of carbonyl (C=O) groups is 1. The van der Waals surface area contributed by atoms with E-state index in [4.69, 9.17) is 4.42 Å². The SMILES string of the molecule is O=C(Nc1cnccn1)c1c[nH]c(=O)n(Cc2ccco2)c1=O. The molecule has 0 aromatic carbocycles. The van der Waals surface area contributed by atoms with Gasteiger partial charge in [0.25, 0.3) is 11.5 Å². The summed E-state index contributed by atoms with van der Waals surface area (Å²) in [6.07, 6.45) is 6.68. The van der Waals surface area contributed by atoms with E-state index in [0.29, 0.717) is 5.76 Å². The second kappa shape index (κ2) is 6.10. The van der Waals surface area contributed by atoms with Crippen molar-refractivity contribution in [3.63, 3.8) is 0 Å². The van der Waals surface area contributed by atoms with E-state index in [0.717, 1.165) is 10.8 Å². The highest BCUT2D eigenvalue weighted by Gasteiger charge is 2.16. The molecule has 0 spiro atoms. The third kappa shape index (κ3) is 3.07. The maximum absolute atomic E-state index is 12.4. The first kappa shape index (κ1) is 14.4. The van der Waals surface area contributed by atoms with E-state index in [1.165, 1.54) is 24.9 Å². The van der Waals surface area contributed by atoms with Crippen LogP contribution in [0.5, 0.6) is 0 Å². The molecule has 3 heterocycles. The average molecular weight is 313 g/mol. The first-order valence-corrected chi connectivity index (χ1v) is 6.57. The summed E-state index contributed by atoms with van der Waals surface area (Å²) < 4.78 is 5.99. The molecule has 116 valence electrons. The molecule has 9 heteroatoms. The smallest absolute Gasteiger partial charge is 0.328 e. The summed E-state index contributed by atoms with van der Waals surface area (Å²) in [5.41, 5.74) is -1.59. The largest absolute Gasteiger partial charge is 0.467 e. The van der Waals surface area contributed by atoms with Crippen LogP contribution in [-0.4, -0.2) is 25.4 Å². The fraction of sp³-hybridized carbons (Fsp3) is 0.0714. The quantitative estimate of drug-likeness (QED) is 0.710. The van der Waals surface area contributed by atoms with Crippen molar-refractivity contribution < 1.29 is 9.21 Å². The zero-order valence-electron chi connectivity index (χ0n) is 11.7. The van der Waals surface area contributed by atoms with Gasteiger partial charge in [0.2, 0.25) is 0 Å². The fourth-order valence-corrected chi connectivity index (χ4v) is 1.92. The van der Waals surface area contributed by atoms with E-state index < -0.39 is 17.2 Å². The molecule has 0 fully saturated rings. The van der Waals surface area contributed by atoms with Gasteiger partial charge in [-0.2, -0.15) is 0 Å². The summed E-state index contributed by atoms with van der Waals surface area (Å²) in [6.45, 7) is -0.0760. The van der Waals surface area contributed by atoms with E-state index in [2.05, 4.69) is 20.3 Å². The lowest BCUT2D eigenvalue weighted by Crippen LogP contribution is -2.39. The van der Waals surface area contributed by atoms with Crippen LogP contribution >= 0.6 is 0 Å². The molecule has 0 aliphatic heterocycles. The fourth-order valence-electron chi connectivity index (χ4n) is 1.92. The van der Waals surface area contributed by atoms with Crippen LogP contribution in [0.3, 0.4) is 0 Å². The number of furan rings is 1. The Morgan fingerprint density at radius 1 is 1.35 bits per heavy atom. The van der Waals surface area contributed by atoms with Gasteiger partial charge in [0, 0.05) is 18.6 Å². The zero-order valence-corrected chi connectivity index (χ0v) is 11.7. The highest BCUT2D eigenvalue weighted by Crippen LogP contribution is 2.02. The number of carbonyl (C=O) groups excluding carboxylic acids is 1. The van der Waals surface area contributed by atoms with Gasteiger partial charge in [0.15, 0.2) is 5.82 Å². The van der Waals surface area contributed by atoms with Crippen molar-refractivity contribution in [3.05, 3.63) is 75.3 Å². The highest BCUT2D eigenvalue weighted by molar-refractivity contribution is 6.03. The summed E-state index contributed by atoms with van der Waals surface area (Å²) >= 11 is 0. The molecule has 0 aliphatic rings. The molecule has 3 rings (SSSR count). The predicted octanol–water partition coefficient (Wildman–Crippen LogP) is 0.220. The molecular formula is C14H11N5O4. The predicted molar refractivity (Wildman–Crippen MR) is 79.1 cm³/mol. The molecule has 2 N–H and O–H groups in total. The van der Waals surface area contributed by atoms with Gasteiger partial charge in [0.1, 0.15) is 11.3 Å². The van der Waals surface area contributed by atoms with E-state index in [-0.39, 0.29) is 17.9 Å². The maximum Gasteiger partial charge on any atom is 0.328 e. The van der Waals surface area contributed by atoms with E-state index in [9.17, 15) is 14.4 Å². The molecule has 0 atom stereocenters. The van der Waals surface area contributed by atoms with Crippen molar-refractivity contribution in [2.24, 2.45) is 0 Å². The lowest BCUT2D eigenvalue weighted by molar-refractivity contribution is 0.102. The minimum Gasteiger partial charge on any atom is -0.467 e. The number of amides is 1. The number of H-pyrrole nitrogens is 1. The lowest BCUT2D eigenvalue weighted by atomic mass is 10.3. The highest BCUT2D eigenvalue weighted by atomic mass is 16.3. The Morgan fingerprint density at radius 2 is 2.22 bits per heavy atom. The van der Waals surface area contributed by atoms with Gasteiger partial charge in [-0.25, -0.2) is 9.78 Å². The molecule has 3 aromatic heterocycles. The van der Waals surface area contributed by atoms with E-state index >= 15 is 0 Å². The van der Waals surface area contributed by atoms with Crippen LogP contribution in [0.25, 0.3) is 0 Å². The van der Waals surface area contributed by atoms with Crippen molar-refractivity contribution in [2.45, 2.75) is 6.54 Å². The number of nitrogens with one attached hydrogen (secondary N) is 2. The van der Waals surface area contributed by atoms with Gasteiger partial charge in [-0.05, 0) is 12.1 Å². The molecule has 0 saturated heterocycles. The van der Waals surface area contributed by atoms with Gasteiger partial charge in [-0.15, -0.1) is 0 Å². The van der Waals surface area contributed by atoms with Crippen molar-refractivity contribution in [2.75, 3.05) is 5.32 Å². The minimum absolute atomic E-state index is 0.0760. The number of hydrogen-bond donors (Lipinski definition) is 2. The normalized spacial score (nSPS) is 10.4. The number of nitrogens with zero attached hydrogens (tertiary/aromatic N) is 3. The van der Waals surface area contributed by atoms with Gasteiger partial charge in [0.05, 0.1) is 19.0 Å². The summed E-state index contributed by atoms with van der Waals surface area (Å²) in [5.74, 6) is -0.0790. The maximum atomic E-state index is 12.4. The zero-order chi connectivity index (χ0) is 16.2. The van der Waals surface area contributed by atoms with Crippen molar-refractivity contribution in [1.82, 2.24) is 19.5 Å². The van der Waals surface area contributed by atoms with Crippen LogP contribution in [0.15, 0.2) is 57.2 Å². The Bertz CT molecular complexity index is 928. The van der Waals surface area contributed by atoms with E-state index in [1.54, 1.807) is 12.1 Å². The molecule has 1 amide bonds.